The summed E-state index contributed by atoms with van der Waals surface area (Å²) in [4.78, 5) is 66.9. The monoisotopic (exact) mass is 1020 g/mol. The number of hydrogen-bond donors (Lipinski definition) is 3. The molecule has 0 spiro atoms. The Kier molecular flexibility index (Phi) is 32.8. The highest BCUT2D eigenvalue weighted by molar-refractivity contribution is 5.82. The van der Waals surface area contributed by atoms with Crippen LogP contribution in [0.4, 0.5) is 0 Å². The van der Waals surface area contributed by atoms with Gasteiger partial charge in [0, 0.05) is 18.7 Å². The van der Waals surface area contributed by atoms with Gasteiger partial charge in [0.1, 0.15) is 25.4 Å². The molecule has 406 valence electrons. The molecule has 0 aliphatic carbocycles. The van der Waals surface area contributed by atoms with Crippen LogP contribution in [0, 0.1) is 0 Å². The van der Waals surface area contributed by atoms with Crippen molar-refractivity contribution in [3.63, 3.8) is 0 Å². The molecule has 5 atom stereocenters. The summed E-state index contributed by atoms with van der Waals surface area (Å²) in [6.45, 7) is 7.42. The Morgan fingerprint density at radius 2 is 1.26 bits per heavy atom. The van der Waals surface area contributed by atoms with Gasteiger partial charge in [-0.05, 0) is 57.1 Å². The molecule has 1 amide bonds. The summed E-state index contributed by atoms with van der Waals surface area (Å²) in [5, 5.41) is 6.11. The number of carbonyl (C=O) groups excluding carboxylic acids is 3. The van der Waals surface area contributed by atoms with Gasteiger partial charge in [0.25, 0.3) is 5.56 Å². The number of benzene rings is 1. The highest BCUT2D eigenvalue weighted by Crippen LogP contribution is 2.32. The molecule has 19 nitrogen and oxygen atoms in total. The van der Waals surface area contributed by atoms with Crippen LogP contribution in [0.1, 0.15) is 121 Å². The van der Waals surface area contributed by atoms with Crippen molar-refractivity contribution in [2.24, 2.45) is 0 Å². The average molecular weight is 1020 g/mol. The van der Waals surface area contributed by atoms with E-state index in [9.17, 15) is 24.0 Å². The third kappa shape index (κ3) is 26.6. The molecule has 0 unspecified atom stereocenters. The van der Waals surface area contributed by atoms with E-state index in [2.05, 4.69) is 34.7 Å². The highest BCUT2D eigenvalue weighted by Gasteiger charge is 2.50. The van der Waals surface area contributed by atoms with Crippen LogP contribution in [0.25, 0.3) is 0 Å². The SMILES string of the molecule is CCCCCCCC/C=C\CCCCCCCC(=O)O[C@@H]1[C@@H](NC(=O)[C@@H]2CCCN2)[C@@H](COC(=O)COCCOCCOCCOCCOCCOCCOCc2ccccc2)O[C@H]1n1ccc(=O)[nH]c1=O. The quantitative estimate of drug-likeness (QED) is 0.0425. The zero-order valence-corrected chi connectivity index (χ0v) is 42.8. The summed E-state index contributed by atoms with van der Waals surface area (Å²) in [5.74, 6) is -1.57. The molecule has 2 saturated heterocycles. The minimum atomic E-state index is -1.25. The molecule has 0 saturated carbocycles. The van der Waals surface area contributed by atoms with Crippen LogP contribution < -0.4 is 21.9 Å². The van der Waals surface area contributed by atoms with E-state index in [4.69, 9.17) is 47.4 Å². The van der Waals surface area contributed by atoms with Crippen molar-refractivity contribution >= 4 is 17.8 Å². The zero-order chi connectivity index (χ0) is 51.1. The number of amides is 1. The van der Waals surface area contributed by atoms with Crippen molar-refractivity contribution in [1.29, 1.82) is 0 Å². The molecule has 0 radical (unpaired) electrons. The van der Waals surface area contributed by atoms with Gasteiger partial charge in [-0.3, -0.25) is 23.9 Å². The first-order valence-electron chi connectivity index (χ1n) is 26.4. The summed E-state index contributed by atoms with van der Waals surface area (Å²) >= 11 is 0. The first kappa shape index (κ1) is 60.2. The average Bonchev–Trinajstić information content (AvgIpc) is 4.04. The number of carbonyl (C=O) groups is 3. The Balaban J connectivity index is 1.09. The highest BCUT2D eigenvalue weighted by atomic mass is 16.6. The number of hydrogen-bond acceptors (Lipinski definition) is 16. The molecule has 1 aromatic heterocycles. The van der Waals surface area contributed by atoms with E-state index >= 15 is 0 Å². The Morgan fingerprint density at radius 1 is 0.694 bits per heavy atom. The number of ether oxygens (including phenoxy) is 10. The van der Waals surface area contributed by atoms with Crippen molar-refractivity contribution in [1.82, 2.24) is 20.2 Å². The van der Waals surface area contributed by atoms with Crippen molar-refractivity contribution in [2.45, 2.75) is 147 Å². The lowest BCUT2D eigenvalue weighted by Crippen LogP contribution is -2.54. The fourth-order valence-electron chi connectivity index (χ4n) is 8.11. The number of allylic oxidation sites excluding steroid dienone is 2. The van der Waals surface area contributed by atoms with Gasteiger partial charge >= 0.3 is 17.6 Å². The molecule has 4 rings (SSSR count). The predicted molar refractivity (Wildman–Crippen MR) is 269 cm³/mol. The van der Waals surface area contributed by atoms with Gasteiger partial charge in [0.15, 0.2) is 12.3 Å². The van der Waals surface area contributed by atoms with E-state index in [1.165, 1.54) is 44.7 Å². The number of nitrogens with zero attached hydrogens (tertiary/aromatic N) is 1. The van der Waals surface area contributed by atoms with Crippen molar-refractivity contribution in [2.75, 3.05) is 99.0 Å². The summed E-state index contributed by atoms with van der Waals surface area (Å²) in [7, 11) is 0. The first-order chi connectivity index (χ1) is 35.4. The smallest absolute Gasteiger partial charge is 0.332 e. The normalized spacial score (nSPS) is 18.8. The Labute approximate surface area is 425 Å². The fourth-order valence-corrected chi connectivity index (χ4v) is 8.11. The third-order valence-electron chi connectivity index (χ3n) is 12.0. The number of aromatic amines is 1. The molecular weight excluding hydrogens is 933 g/mol. The molecule has 2 aliphatic rings. The minimum absolute atomic E-state index is 0.115. The van der Waals surface area contributed by atoms with E-state index < -0.39 is 53.7 Å². The number of rotatable bonds is 43. The fraction of sp³-hybridized carbons (Fsp3) is 0.717. The maximum Gasteiger partial charge on any atom is 0.332 e. The second-order valence-corrected chi connectivity index (χ2v) is 17.9. The lowest BCUT2D eigenvalue weighted by molar-refractivity contribution is -0.157. The van der Waals surface area contributed by atoms with Gasteiger partial charge in [-0.1, -0.05) is 101 Å². The number of aromatic nitrogens is 2. The molecule has 2 aliphatic heterocycles. The van der Waals surface area contributed by atoms with Crippen molar-refractivity contribution in [3.8, 4) is 0 Å². The second kappa shape index (κ2) is 39.2. The number of esters is 2. The molecule has 2 fully saturated rings. The summed E-state index contributed by atoms with van der Waals surface area (Å²) in [6.07, 6.45) is 18.4. The van der Waals surface area contributed by atoms with E-state index in [0.717, 1.165) is 61.1 Å². The minimum Gasteiger partial charge on any atom is -0.461 e. The lowest BCUT2D eigenvalue weighted by atomic mass is 10.1. The van der Waals surface area contributed by atoms with Crippen LogP contribution in [0.3, 0.4) is 0 Å². The van der Waals surface area contributed by atoms with Crippen LogP contribution in [0.15, 0.2) is 64.3 Å². The number of H-pyrrole nitrogens is 1. The standard InChI is InChI=1S/C53H84N4O15/c1-2-3-4-5-6-7-8-9-10-11-12-13-14-15-19-24-47(59)72-50-49(56-51(61)44-23-20-26-54-44)45(71-52(50)57-27-25-46(58)55-53(57)62)41-70-48(60)42-69-39-37-67-35-33-65-31-29-63-28-30-64-32-34-66-36-38-68-40-43-21-17-16-18-22-43/h9-10,16-18,21-22,25,27,44-45,49-50,52,54H,2-8,11-15,19-20,23-24,26,28-42H2,1H3,(H,56,61)(H,55,58,62)/b10-9-/t44-,45+,49-,50+,52+/m0/s1. The van der Waals surface area contributed by atoms with Crippen molar-refractivity contribution in [3.05, 3.63) is 81.1 Å². The van der Waals surface area contributed by atoms with Crippen molar-refractivity contribution < 1.29 is 61.8 Å². The van der Waals surface area contributed by atoms with E-state index in [0.29, 0.717) is 92.1 Å². The van der Waals surface area contributed by atoms with Gasteiger partial charge in [-0.15, -0.1) is 0 Å². The lowest BCUT2D eigenvalue weighted by Gasteiger charge is -2.26. The summed E-state index contributed by atoms with van der Waals surface area (Å²) in [5.41, 5.74) is -0.288. The van der Waals surface area contributed by atoms with Crippen LogP contribution in [0.5, 0.6) is 0 Å². The van der Waals surface area contributed by atoms with Gasteiger partial charge in [-0.2, -0.15) is 0 Å². The molecule has 2 aromatic rings. The maximum atomic E-state index is 13.5. The zero-order valence-electron chi connectivity index (χ0n) is 42.8. The molecule has 3 heterocycles. The third-order valence-corrected chi connectivity index (χ3v) is 12.0. The first-order valence-corrected chi connectivity index (χ1v) is 26.4. The van der Waals surface area contributed by atoms with E-state index in [1.54, 1.807) is 0 Å². The van der Waals surface area contributed by atoms with Crippen LogP contribution in [-0.4, -0.2) is 151 Å². The number of nitrogens with one attached hydrogen (secondary N) is 3. The molecule has 72 heavy (non-hydrogen) atoms. The second-order valence-electron chi connectivity index (χ2n) is 17.9. The van der Waals surface area contributed by atoms with E-state index in [-0.39, 0.29) is 38.8 Å². The Hall–Kier alpha value is -4.31. The van der Waals surface area contributed by atoms with Gasteiger partial charge in [0.2, 0.25) is 5.91 Å². The van der Waals surface area contributed by atoms with Crippen LogP contribution in [0.2, 0.25) is 0 Å². The number of unbranched alkanes of at least 4 members (excludes halogenated alkanes) is 11. The predicted octanol–water partition coefficient (Wildman–Crippen LogP) is 5.48. The topological polar surface area (TPSA) is 222 Å². The molecule has 19 heteroatoms. The molecular formula is C53H84N4O15. The Bertz CT molecular complexity index is 1880. The van der Waals surface area contributed by atoms with Gasteiger partial charge in [0.05, 0.1) is 91.9 Å². The van der Waals surface area contributed by atoms with E-state index in [1.807, 2.05) is 30.3 Å². The molecule has 1 aromatic carbocycles. The molecule has 3 N–H and O–H groups in total. The molecule has 0 bridgehead atoms. The van der Waals surface area contributed by atoms with Gasteiger partial charge < -0.3 is 58.0 Å². The van der Waals surface area contributed by atoms with Gasteiger partial charge in [-0.25, -0.2) is 9.59 Å². The maximum absolute atomic E-state index is 13.5. The largest absolute Gasteiger partial charge is 0.461 e. The van der Waals surface area contributed by atoms with Crippen LogP contribution in [-0.2, 0) is 68.4 Å². The Morgan fingerprint density at radius 3 is 1.85 bits per heavy atom. The van der Waals surface area contributed by atoms with Crippen LogP contribution >= 0.6 is 0 Å². The summed E-state index contributed by atoms with van der Waals surface area (Å²) in [6, 6.07) is 9.64. The summed E-state index contributed by atoms with van der Waals surface area (Å²) < 4.78 is 57.5.